The van der Waals surface area contributed by atoms with E-state index in [-0.39, 0.29) is 17.1 Å². The molecule has 0 spiro atoms. The van der Waals surface area contributed by atoms with E-state index < -0.39 is 22.0 Å². The normalized spacial score (nSPS) is 12.6. The van der Waals surface area contributed by atoms with Crippen LogP contribution in [-0.2, 0) is 21.2 Å². The number of phenols is 1. The lowest BCUT2D eigenvalue weighted by Gasteiger charge is -2.19. The Morgan fingerprint density at radius 1 is 1.06 bits per heavy atom. The summed E-state index contributed by atoms with van der Waals surface area (Å²) in [6.07, 6.45) is -0.0610. The van der Waals surface area contributed by atoms with Gasteiger partial charge in [-0.15, -0.1) is 0 Å². The van der Waals surface area contributed by atoms with E-state index in [9.17, 15) is 23.4 Å². The van der Waals surface area contributed by atoms with Crippen molar-refractivity contribution in [2.75, 3.05) is 19.0 Å². The van der Waals surface area contributed by atoms with Crippen molar-refractivity contribution >= 4 is 77.6 Å². The fourth-order valence-corrected chi connectivity index (χ4v) is 6.60. The first-order chi connectivity index (χ1) is 14.5. The maximum absolute atomic E-state index is 13.2. The van der Waals surface area contributed by atoms with Crippen LogP contribution < -0.4 is 9.62 Å². The second kappa shape index (κ2) is 9.46. The van der Waals surface area contributed by atoms with E-state index in [1.807, 2.05) is 76.3 Å². The molecule has 0 amide bonds. The van der Waals surface area contributed by atoms with Crippen LogP contribution in [0.4, 0.5) is 5.69 Å². The molecule has 0 bridgehead atoms. The summed E-state index contributed by atoms with van der Waals surface area (Å²) in [6.45, 7) is 0. The number of anilines is 1. The molecule has 0 aliphatic carbocycles. The Balaban J connectivity index is 2.00. The lowest BCUT2D eigenvalue weighted by molar-refractivity contribution is -0.138. The number of hydrogen-bond donors (Lipinski definition) is 3. The van der Waals surface area contributed by atoms with Crippen LogP contribution in [0.3, 0.4) is 0 Å². The Bertz CT molecular complexity index is 1240. The molecule has 0 radical (unpaired) electrons. The number of carboxylic acid groups (broad SMARTS) is 1. The molecular weight excluding hydrogens is 646 g/mol. The van der Waals surface area contributed by atoms with E-state index in [2.05, 4.69) is 4.72 Å². The van der Waals surface area contributed by atoms with Crippen LogP contribution in [0.25, 0.3) is 10.8 Å². The molecule has 0 saturated carbocycles. The van der Waals surface area contributed by atoms with E-state index >= 15 is 0 Å². The first kappa shape index (κ1) is 24.0. The minimum Gasteiger partial charge on any atom is -0.506 e. The Morgan fingerprint density at radius 2 is 1.65 bits per heavy atom. The Labute approximate surface area is 207 Å². The SMILES string of the molecule is CN(C)c1cccc2c(S(=O)(=O)N[C@@H](Cc3cc(I)c(O)c(I)c3)C(=O)O)cccc12. The van der Waals surface area contributed by atoms with Gasteiger partial charge < -0.3 is 15.1 Å². The fourth-order valence-electron chi connectivity index (χ4n) is 3.29. The second-order valence-corrected chi connectivity index (χ2v) is 11.2. The van der Waals surface area contributed by atoms with Crippen LogP contribution in [-0.4, -0.2) is 44.7 Å². The maximum Gasteiger partial charge on any atom is 0.322 e. The van der Waals surface area contributed by atoms with Gasteiger partial charge in [0.15, 0.2) is 0 Å². The van der Waals surface area contributed by atoms with Gasteiger partial charge in [0.1, 0.15) is 11.8 Å². The average Bonchev–Trinajstić information content (AvgIpc) is 2.70. The van der Waals surface area contributed by atoms with Gasteiger partial charge in [-0.1, -0.05) is 24.3 Å². The first-order valence-corrected chi connectivity index (χ1v) is 12.8. The van der Waals surface area contributed by atoms with Crippen LogP contribution >= 0.6 is 45.2 Å². The Kier molecular flexibility index (Phi) is 7.33. The summed E-state index contributed by atoms with van der Waals surface area (Å²) in [5, 5.41) is 20.9. The summed E-state index contributed by atoms with van der Waals surface area (Å²) < 4.78 is 29.9. The Hall–Kier alpha value is -1.64. The van der Waals surface area contributed by atoms with Crippen molar-refractivity contribution in [2.45, 2.75) is 17.4 Å². The number of fused-ring (bicyclic) bond motifs is 1. The zero-order valence-corrected chi connectivity index (χ0v) is 21.8. The van der Waals surface area contributed by atoms with Gasteiger partial charge in [0.25, 0.3) is 0 Å². The van der Waals surface area contributed by atoms with Crippen LogP contribution in [0.5, 0.6) is 5.75 Å². The van der Waals surface area contributed by atoms with Gasteiger partial charge in [0.05, 0.1) is 12.0 Å². The van der Waals surface area contributed by atoms with Crippen LogP contribution in [0, 0.1) is 7.14 Å². The molecule has 1 atom stereocenters. The standard InChI is InChI=1S/C21H20I2N2O5S/c1-25(2)18-7-3-6-14-13(18)5-4-8-19(14)31(29,30)24-17(21(27)28)11-12-9-15(22)20(26)16(23)10-12/h3-10,17,24,26H,11H2,1-2H3,(H,27,28)/t17-/m0/s1. The van der Waals surface area contributed by atoms with E-state index in [0.29, 0.717) is 18.1 Å². The van der Waals surface area contributed by atoms with Gasteiger partial charge in [-0.05, 0) is 81.4 Å². The van der Waals surface area contributed by atoms with Crippen molar-refractivity contribution in [1.29, 1.82) is 0 Å². The van der Waals surface area contributed by atoms with E-state index in [0.717, 1.165) is 11.1 Å². The highest BCUT2D eigenvalue weighted by molar-refractivity contribution is 14.1. The van der Waals surface area contributed by atoms with Gasteiger partial charge in [-0.2, -0.15) is 4.72 Å². The molecule has 0 saturated heterocycles. The predicted molar refractivity (Wildman–Crippen MR) is 137 cm³/mol. The number of halogens is 2. The summed E-state index contributed by atoms with van der Waals surface area (Å²) >= 11 is 3.90. The molecule has 0 heterocycles. The lowest BCUT2D eigenvalue weighted by Crippen LogP contribution is -2.42. The summed E-state index contributed by atoms with van der Waals surface area (Å²) in [7, 11) is -0.384. The summed E-state index contributed by atoms with van der Waals surface area (Å²) in [4.78, 5) is 13.8. The third kappa shape index (κ3) is 5.23. The van der Waals surface area contributed by atoms with Crippen LogP contribution in [0.1, 0.15) is 5.56 Å². The summed E-state index contributed by atoms with van der Waals surface area (Å²) in [6, 6.07) is 12.2. The molecule has 3 aromatic rings. The number of sulfonamides is 1. The number of carbonyl (C=O) groups is 1. The van der Waals surface area contributed by atoms with Crippen molar-refractivity contribution in [3.05, 3.63) is 61.2 Å². The molecule has 3 rings (SSSR count). The molecule has 10 heteroatoms. The largest absolute Gasteiger partial charge is 0.506 e. The number of nitrogens with one attached hydrogen (secondary N) is 1. The third-order valence-corrected chi connectivity index (χ3v) is 7.92. The zero-order chi connectivity index (χ0) is 22.9. The number of aromatic hydroxyl groups is 1. The topological polar surface area (TPSA) is 107 Å². The molecule has 3 N–H and O–H groups in total. The number of benzene rings is 3. The monoisotopic (exact) mass is 666 g/mol. The highest BCUT2D eigenvalue weighted by Gasteiger charge is 2.27. The number of nitrogens with zero attached hydrogens (tertiary/aromatic N) is 1. The third-order valence-electron chi connectivity index (χ3n) is 4.74. The van der Waals surface area contributed by atoms with Gasteiger partial charge >= 0.3 is 5.97 Å². The maximum atomic E-state index is 13.2. The van der Waals surface area contributed by atoms with Crippen molar-refractivity contribution in [3.63, 3.8) is 0 Å². The second-order valence-electron chi connectivity index (χ2n) is 7.15. The molecule has 0 aliphatic rings. The Morgan fingerprint density at radius 3 is 2.23 bits per heavy atom. The highest BCUT2D eigenvalue weighted by Crippen LogP contribution is 2.31. The summed E-state index contributed by atoms with van der Waals surface area (Å²) in [5.41, 5.74) is 1.46. The molecule has 7 nitrogen and oxygen atoms in total. The quantitative estimate of drug-likeness (QED) is 0.332. The minimum atomic E-state index is -4.12. The van der Waals surface area contributed by atoms with Crippen molar-refractivity contribution in [3.8, 4) is 5.75 Å². The zero-order valence-electron chi connectivity index (χ0n) is 16.6. The van der Waals surface area contributed by atoms with Gasteiger partial charge in [0, 0.05) is 30.6 Å². The number of aliphatic carboxylic acids is 1. The molecule has 0 fully saturated rings. The smallest absolute Gasteiger partial charge is 0.322 e. The first-order valence-electron chi connectivity index (χ1n) is 9.12. The fraction of sp³-hybridized carbons (Fsp3) is 0.190. The number of phenolic OH excluding ortho intramolecular Hbond substituents is 1. The van der Waals surface area contributed by atoms with Crippen molar-refractivity contribution < 1.29 is 23.4 Å². The van der Waals surface area contributed by atoms with Gasteiger partial charge in [0.2, 0.25) is 10.0 Å². The van der Waals surface area contributed by atoms with Gasteiger partial charge in [-0.3, -0.25) is 4.79 Å². The van der Waals surface area contributed by atoms with Gasteiger partial charge in [-0.25, -0.2) is 8.42 Å². The molecule has 3 aromatic carbocycles. The lowest BCUT2D eigenvalue weighted by atomic mass is 10.1. The predicted octanol–water partition coefficient (Wildman–Crippen LogP) is 3.79. The average molecular weight is 666 g/mol. The highest BCUT2D eigenvalue weighted by atomic mass is 127. The molecule has 164 valence electrons. The molecular formula is C21H20I2N2O5S. The van der Waals surface area contributed by atoms with Crippen molar-refractivity contribution in [1.82, 2.24) is 4.72 Å². The van der Waals surface area contributed by atoms with Crippen LogP contribution in [0.2, 0.25) is 0 Å². The molecule has 0 aromatic heterocycles. The summed E-state index contributed by atoms with van der Waals surface area (Å²) in [5.74, 6) is -1.17. The minimum absolute atomic E-state index is 0.0230. The van der Waals surface area contributed by atoms with E-state index in [4.69, 9.17) is 0 Å². The number of hydrogen-bond acceptors (Lipinski definition) is 5. The molecule has 31 heavy (non-hydrogen) atoms. The molecule has 0 unspecified atom stereocenters. The number of rotatable bonds is 7. The molecule has 0 aliphatic heterocycles. The number of carboxylic acids is 1. The van der Waals surface area contributed by atoms with E-state index in [1.165, 1.54) is 6.07 Å². The van der Waals surface area contributed by atoms with E-state index in [1.54, 1.807) is 30.3 Å². The van der Waals surface area contributed by atoms with Crippen molar-refractivity contribution in [2.24, 2.45) is 0 Å². The van der Waals surface area contributed by atoms with Crippen LogP contribution in [0.15, 0.2) is 53.4 Å².